The zero-order valence-electron chi connectivity index (χ0n) is 36.2. The molecule has 4 aromatic rings. The van der Waals surface area contributed by atoms with Crippen molar-refractivity contribution in [3.63, 3.8) is 0 Å². The first kappa shape index (κ1) is 45.4. The molecule has 5 rings (SSSR count). The molecule has 7 nitrogen and oxygen atoms in total. The van der Waals surface area contributed by atoms with Gasteiger partial charge in [0.1, 0.15) is 12.0 Å². The second-order valence-corrected chi connectivity index (χ2v) is 32.3. The standard InChI is InChI=1S/C47H62NO6PSSi2/c1-13-31-52-45(51)44(55(35-23-17-14-18-24-35,36-25-19-15-20-26-36)37-27-21-16-22-28-37)48-39(42(43(48)50)34(2)54-58(11,12)47(6,7)8)32-40(49)41-30-29-38(56-41)33-53-57(9,10)46(3,4)5/h13-30,34,39,42H,1,31-33H2,2-12H3/t34-,39-,42-/m1/s1. The average molecular weight is 856 g/mol. The minimum absolute atomic E-state index is 0.00125. The summed E-state index contributed by atoms with van der Waals surface area (Å²) < 4.78 is 19.4. The Morgan fingerprint density at radius 1 is 0.793 bits per heavy atom. The number of β-lactam (4-membered cyclic amide) rings is 1. The molecule has 1 fully saturated rings. The lowest BCUT2D eigenvalue weighted by Gasteiger charge is -2.53. The van der Waals surface area contributed by atoms with E-state index >= 15 is 9.59 Å². The number of hydrogen-bond acceptors (Lipinski definition) is 7. The highest BCUT2D eigenvalue weighted by Crippen LogP contribution is 2.51. The first-order valence-electron chi connectivity index (χ1n) is 20.2. The highest BCUT2D eigenvalue weighted by molar-refractivity contribution is 7.96. The molecule has 1 amide bonds. The first-order valence-corrected chi connectivity index (χ1v) is 28.6. The van der Waals surface area contributed by atoms with Crippen molar-refractivity contribution in [2.45, 2.75) is 110 Å². The van der Waals surface area contributed by atoms with Crippen molar-refractivity contribution < 1.29 is 28.0 Å². The van der Waals surface area contributed by atoms with E-state index < -0.39 is 47.6 Å². The minimum atomic E-state index is -3.17. The summed E-state index contributed by atoms with van der Waals surface area (Å²) in [5, 5.41) is 2.59. The van der Waals surface area contributed by atoms with Gasteiger partial charge in [-0.25, -0.2) is 4.79 Å². The molecule has 0 unspecified atom stereocenters. The molecule has 0 spiro atoms. The van der Waals surface area contributed by atoms with E-state index in [-0.39, 0.29) is 40.2 Å². The Labute approximate surface area is 353 Å². The Morgan fingerprint density at radius 3 is 1.72 bits per heavy atom. The van der Waals surface area contributed by atoms with E-state index in [1.54, 1.807) is 4.90 Å². The molecule has 1 aliphatic heterocycles. The number of esters is 1. The molecular weight excluding hydrogens is 794 g/mol. The van der Waals surface area contributed by atoms with Crippen LogP contribution in [0.1, 0.15) is 69.4 Å². The molecule has 1 aliphatic rings. The Bertz CT molecular complexity index is 2030. The number of carbonyl (C=O) groups excluding carboxylic acids is 3. The lowest BCUT2D eigenvalue weighted by Crippen LogP contribution is -2.69. The molecule has 11 heteroatoms. The van der Waals surface area contributed by atoms with Gasteiger partial charge < -0.3 is 18.5 Å². The number of nitrogens with zero attached hydrogens (tertiary/aromatic N) is 1. The summed E-state index contributed by atoms with van der Waals surface area (Å²) in [6.45, 7) is 24.9. The normalized spacial score (nSPS) is 17.0. The number of ether oxygens (including phenoxy) is 1. The van der Waals surface area contributed by atoms with Gasteiger partial charge in [0.15, 0.2) is 22.4 Å². The van der Waals surface area contributed by atoms with E-state index in [4.69, 9.17) is 13.6 Å². The topological polar surface area (TPSA) is 82.1 Å². The summed E-state index contributed by atoms with van der Waals surface area (Å²) in [6, 6.07) is 32.9. The second-order valence-electron chi connectivity index (χ2n) is 18.2. The van der Waals surface area contributed by atoms with Gasteiger partial charge in [0, 0.05) is 18.2 Å². The fraction of sp³-hybridized carbons (Fsp3) is 0.404. The van der Waals surface area contributed by atoms with Crippen molar-refractivity contribution >= 4 is 73.8 Å². The van der Waals surface area contributed by atoms with Crippen molar-refractivity contribution in [3.8, 4) is 0 Å². The summed E-state index contributed by atoms with van der Waals surface area (Å²) in [5.41, 5.74) is 0.242. The van der Waals surface area contributed by atoms with Crippen LogP contribution < -0.4 is 15.9 Å². The third-order valence-electron chi connectivity index (χ3n) is 12.3. The largest absolute Gasteiger partial charge is 0.457 e. The van der Waals surface area contributed by atoms with Crippen LogP contribution in [-0.4, -0.2) is 63.4 Å². The molecule has 1 aromatic heterocycles. The fourth-order valence-corrected chi connectivity index (χ4v) is 14.8. The minimum Gasteiger partial charge on any atom is -0.457 e. The maximum Gasteiger partial charge on any atom is 0.356 e. The Hall–Kier alpha value is -3.64. The third-order valence-corrected chi connectivity index (χ3v) is 26.7. The maximum atomic E-state index is 15.2. The summed E-state index contributed by atoms with van der Waals surface area (Å²) >= 11 is 1.43. The molecule has 2 heterocycles. The van der Waals surface area contributed by atoms with Crippen LogP contribution in [0.25, 0.3) is 0 Å². The molecule has 3 atom stereocenters. The van der Waals surface area contributed by atoms with E-state index in [0.717, 1.165) is 20.8 Å². The van der Waals surface area contributed by atoms with E-state index in [1.807, 2.05) is 110 Å². The number of benzene rings is 3. The molecule has 0 saturated carbocycles. The molecule has 1 saturated heterocycles. The van der Waals surface area contributed by atoms with Crippen LogP contribution in [0.15, 0.2) is 116 Å². The average Bonchev–Trinajstić information content (AvgIpc) is 3.65. The first-order chi connectivity index (χ1) is 27.2. The lowest BCUT2D eigenvalue weighted by atomic mass is 9.80. The van der Waals surface area contributed by atoms with Gasteiger partial charge >= 0.3 is 5.97 Å². The van der Waals surface area contributed by atoms with Gasteiger partial charge in [0.05, 0.1) is 29.5 Å². The monoisotopic (exact) mass is 855 g/mol. The summed E-state index contributed by atoms with van der Waals surface area (Å²) in [7, 11) is -4.38. The number of Topliss-reactive ketones (excluding diaryl/α,β-unsaturated/α-hetero) is 1. The van der Waals surface area contributed by atoms with Crippen molar-refractivity contribution in [1.29, 1.82) is 0 Å². The molecule has 3 aromatic carbocycles. The van der Waals surface area contributed by atoms with Crippen LogP contribution in [0, 0.1) is 5.92 Å². The van der Waals surface area contributed by atoms with E-state index in [1.165, 1.54) is 17.4 Å². The highest BCUT2D eigenvalue weighted by atomic mass is 32.1. The third kappa shape index (κ3) is 9.23. The molecular formula is C47H62NO6PSSi2. The van der Waals surface area contributed by atoms with Gasteiger partial charge in [-0.05, 0) is 71.2 Å². The number of thiophene rings is 1. The van der Waals surface area contributed by atoms with Crippen molar-refractivity contribution in [2.75, 3.05) is 6.61 Å². The van der Waals surface area contributed by atoms with Crippen LogP contribution in [0.4, 0.5) is 0 Å². The Morgan fingerprint density at radius 2 is 1.28 bits per heavy atom. The van der Waals surface area contributed by atoms with Gasteiger partial charge in [0.2, 0.25) is 5.91 Å². The Kier molecular flexibility index (Phi) is 14.0. The molecule has 0 aliphatic carbocycles. The number of hydrogen-bond donors (Lipinski definition) is 0. The predicted octanol–water partition coefficient (Wildman–Crippen LogP) is 9.93. The zero-order valence-corrected chi connectivity index (χ0v) is 39.9. The second kappa shape index (κ2) is 17.9. The van der Waals surface area contributed by atoms with Crippen molar-refractivity contribution in [3.05, 3.63) is 126 Å². The van der Waals surface area contributed by atoms with Crippen LogP contribution in [0.2, 0.25) is 36.3 Å². The summed E-state index contributed by atoms with van der Waals surface area (Å²) in [5.74, 6) is -1.65. The quantitative estimate of drug-likeness (QED) is 0.0279. The number of carbonyl (C=O) groups is 3. The van der Waals surface area contributed by atoms with Crippen molar-refractivity contribution in [2.24, 2.45) is 5.92 Å². The molecule has 0 N–H and O–H groups in total. The Balaban J connectivity index is 1.74. The van der Waals surface area contributed by atoms with E-state index in [2.05, 4.69) is 74.3 Å². The molecule has 0 bridgehead atoms. The number of rotatable bonds is 16. The molecule has 58 heavy (non-hydrogen) atoms. The van der Waals surface area contributed by atoms with E-state index in [0.29, 0.717) is 11.5 Å². The van der Waals surface area contributed by atoms with Gasteiger partial charge in [-0.2, -0.15) is 0 Å². The van der Waals surface area contributed by atoms with Crippen LogP contribution in [0.5, 0.6) is 0 Å². The molecule has 0 radical (unpaired) electrons. The van der Waals surface area contributed by atoms with Gasteiger partial charge in [-0.15, -0.1) is 11.3 Å². The smallest absolute Gasteiger partial charge is 0.356 e. The molecule has 310 valence electrons. The fourth-order valence-electron chi connectivity index (χ4n) is 7.00. The number of ketones is 1. The van der Waals surface area contributed by atoms with Crippen LogP contribution in [0.3, 0.4) is 0 Å². The van der Waals surface area contributed by atoms with E-state index in [9.17, 15) is 4.79 Å². The SMILES string of the molecule is C=CCOC(=O)C(N1C(=O)[C@H]([C@@H](C)O[Si](C)(C)C(C)(C)C)[C@H]1CC(=O)c1ccc(CO[Si](C)(C)C(C)(C)C)s1)=P(c1ccccc1)(c1ccccc1)c1ccccc1. The predicted molar refractivity (Wildman–Crippen MR) is 248 cm³/mol. The number of likely N-dealkylation sites (tertiary alicyclic amines) is 1. The summed E-state index contributed by atoms with van der Waals surface area (Å²) in [6.07, 6.45) is 1.02. The van der Waals surface area contributed by atoms with Crippen LogP contribution in [-0.2, 0) is 29.8 Å². The van der Waals surface area contributed by atoms with Gasteiger partial charge in [0.25, 0.3) is 0 Å². The maximum absolute atomic E-state index is 15.2. The lowest BCUT2D eigenvalue weighted by molar-refractivity contribution is -0.156. The van der Waals surface area contributed by atoms with Gasteiger partial charge in [-0.3, -0.25) is 9.59 Å². The van der Waals surface area contributed by atoms with Crippen LogP contribution >= 0.6 is 18.2 Å². The zero-order chi connectivity index (χ0) is 42.7. The van der Waals surface area contributed by atoms with Gasteiger partial charge in [-0.1, -0.05) is 145 Å². The number of amides is 1. The highest BCUT2D eigenvalue weighted by Gasteiger charge is 2.57. The summed E-state index contributed by atoms with van der Waals surface area (Å²) in [4.78, 5) is 48.0. The van der Waals surface area contributed by atoms with Crippen molar-refractivity contribution in [1.82, 2.24) is 4.90 Å².